The number of hydrogen-bond donors (Lipinski definition) is 0. The van der Waals surface area contributed by atoms with Gasteiger partial charge in [0.05, 0.1) is 11.8 Å². The molecule has 0 unspecified atom stereocenters. The first-order chi connectivity index (χ1) is 12.3. The molecule has 136 valence electrons. The molecule has 0 N–H and O–H groups in total. The normalized spacial score (nSPS) is 21.0. The van der Waals surface area contributed by atoms with E-state index in [9.17, 15) is 14.9 Å². The lowest BCUT2D eigenvalue weighted by atomic mass is 9.71. The Morgan fingerprint density at radius 1 is 0.846 bits per heavy atom. The fraction of sp³-hybridized carbons (Fsp3) is 0.278. The van der Waals surface area contributed by atoms with Crippen LogP contribution in [0.1, 0.15) is 35.8 Å². The Morgan fingerprint density at radius 3 is 1.62 bits per heavy atom. The number of rotatable bonds is 3. The minimum absolute atomic E-state index is 0.0503. The van der Waals surface area contributed by atoms with E-state index in [0.29, 0.717) is 31.2 Å². The van der Waals surface area contributed by atoms with Crippen LogP contribution in [0.3, 0.4) is 0 Å². The summed E-state index contributed by atoms with van der Waals surface area (Å²) >= 11 is 24.4. The zero-order chi connectivity index (χ0) is 19.0. The molecule has 1 saturated carbocycles. The quantitative estimate of drug-likeness (QED) is 0.430. The summed E-state index contributed by atoms with van der Waals surface area (Å²) in [7, 11) is 0. The zero-order valence-electron chi connectivity index (χ0n) is 13.3. The van der Waals surface area contributed by atoms with Gasteiger partial charge in [-0.25, -0.2) is 0 Å². The molecule has 1 aliphatic carbocycles. The number of ketones is 1. The topological polar surface area (TPSA) is 60.2 Å². The number of nitro groups is 1. The minimum atomic E-state index is -1.04. The van der Waals surface area contributed by atoms with Crippen molar-refractivity contribution in [2.24, 2.45) is 0 Å². The standard InChI is InChI=1S/C18H13Cl4NO3/c19-9-1-3-12(16(21)5-9)14-7-11(24)8-15(18(14)23(25)26)13-4-2-10(20)6-17(13)22/h1-6,14-15,18H,7-8H2/t14-,15-/m0/s1. The highest BCUT2D eigenvalue weighted by Crippen LogP contribution is 2.45. The summed E-state index contributed by atoms with van der Waals surface area (Å²) in [6, 6.07) is 8.53. The Hall–Kier alpha value is -1.33. The van der Waals surface area contributed by atoms with E-state index in [2.05, 4.69) is 0 Å². The molecule has 0 aromatic heterocycles. The predicted octanol–water partition coefficient (Wildman–Crippen LogP) is 6.18. The van der Waals surface area contributed by atoms with Gasteiger partial charge in [-0.1, -0.05) is 58.5 Å². The Kier molecular flexibility index (Phi) is 5.78. The third kappa shape index (κ3) is 3.84. The van der Waals surface area contributed by atoms with E-state index in [-0.39, 0.29) is 23.5 Å². The smallest absolute Gasteiger partial charge is 0.227 e. The van der Waals surface area contributed by atoms with E-state index in [0.717, 1.165) is 0 Å². The molecule has 1 fully saturated rings. The minimum Gasteiger partial charge on any atom is -0.300 e. The summed E-state index contributed by atoms with van der Waals surface area (Å²) in [6.45, 7) is 0. The van der Waals surface area contributed by atoms with Crippen molar-refractivity contribution in [2.75, 3.05) is 0 Å². The van der Waals surface area contributed by atoms with Crippen LogP contribution in [0.2, 0.25) is 20.1 Å². The van der Waals surface area contributed by atoms with Crippen LogP contribution in [-0.2, 0) is 4.79 Å². The van der Waals surface area contributed by atoms with Crippen molar-refractivity contribution < 1.29 is 9.72 Å². The van der Waals surface area contributed by atoms with Crippen LogP contribution >= 0.6 is 46.4 Å². The molecule has 0 saturated heterocycles. The highest BCUT2D eigenvalue weighted by atomic mass is 35.5. The van der Waals surface area contributed by atoms with E-state index < -0.39 is 17.9 Å². The lowest BCUT2D eigenvalue weighted by Gasteiger charge is -2.33. The lowest BCUT2D eigenvalue weighted by molar-refractivity contribution is -0.532. The summed E-state index contributed by atoms with van der Waals surface area (Å²) in [4.78, 5) is 24.0. The van der Waals surface area contributed by atoms with Gasteiger partial charge in [-0.05, 0) is 35.4 Å². The van der Waals surface area contributed by atoms with Gasteiger partial charge in [0.2, 0.25) is 6.04 Å². The number of nitrogens with zero attached hydrogens (tertiary/aromatic N) is 1. The van der Waals surface area contributed by atoms with Gasteiger partial charge in [0, 0.05) is 37.9 Å². The van der Waals surface area contributed by atoms with Crippen molar-refractivity contribution in [3.05, 3.63) is 77.7 Å². The SMILES string of the molecule is O=C1C[C@@H](c2ccc(Cl)cc2Cl)C([N+](=O)[O-])[C@H](c2ccc(Cl)cc2Cl)C1. The number of halogens is 4. The third-order valence-electron chi connectivity index (χ3n) is 4.69. The fourth-order valence-electron chi connectivity index (χ4n) is 3.58. The molecule has 2 atom stereocenters. The summed E-state index contributed by atoms with van der Waals surface area (Å²) in [5.41, 5.74) is 1.09. The molecule has 0 aliphatic heterocycles. The third-order valence-corrected chi connectivity index (χ3v) is 5.81. The first-order valence-electron chi connectivity index (χ1n) is 7.83. The van der Waals surface area contributed by atoms with Gasteiger partial charge in [0.25, 0.3) is 0 Å². The molecule has 0 heterocycles. The second-order valence-corrected chi connectivity index (χ2v) is 7.95. The Balaban J connectivity index is 2.10. The molecular weight excluding hydrogens is 420 g/mol. The fourth-order valence-corrected chi connectivity index (χ4v) is 4.68. The number of benzene rings is 2. The van der Waals surface area contributed by atoms with Crippen molar-refractivity contribution in [3.63, 3.8) is 0 Å². The van der Waals surface area contributed by atoms with Gasteiger partial charge in [-0.2, -0.15) is 0 Å². The van der Waals surface area contributed by atoms with Gasteiger partial charge in [0.15, 0.2) is 0 Å². The molecule has 3 rings (SSSR count). The van der Waals surface area contributed by atoms with Crippen molar-refractivity contribution >= 4 is 52.2 Å². The monoisotopic (exact) mass is 431 g/mol. The molecular formula is C18H13Cl4NO3. The Morgan fingerprint density at radius 2 is 1.27 bits per heavy atom. The molecule has 0 amide bonds. The molecule has 2 aromatic carbocycles. The molecule has 0 spiro atoms. The van der Waals surface area contributed by atoms with Gasteiger partial charge in [0.1, 0.15) is 5.78 Å². The highest BCUT2D eigenvalue weighted by molar-refractivity contribution is 6.35. The average Bonchev–Trinajstić information content (AvgIpc) is 2.53. The van der Waals surface area contributed by atoms with Crippen molar-refractivity contribution in [1.82, 2.24) is 0 Å². The van der Waals surface area contributed by atoms with Crippen LogP contribution in [-0.4, -0.2) is 16.7 Å². The summed E-state index contributed by atoms with van der Waals surface area (Å²) in [6.07, 6.45) is 0.101. The van der Waals surface area contributed by atoms with Gasteiger partial charge in [-0.3, -0.25) is 14.9 Å². The molecule has 1 aliphatic rings. The van der Waals surface area contributed by atoms with E-state index in [1.807, 2.05) is 0 Å². The molecule has 0 radical (unpaired) electrons. The maximum Gasteiger partial charge on any atom is 0.227 e. The van der Waals surface area contributed by atoms with Crippen molar-refractivity contribution in [2.45, 2.75) is 30.7 Å². The second-order valence-electron chi connectivity index (χ2n) is 6.27. The number of Topliss-reactive ketones (excluding diaryl/α,β-unsaturated/α-hetero) is 1. The number of hydrogen-bond acceptors (Lipinski definition) is 3. The molecule has 0 bridgehead atoms. The Labute approximate surface area is 170 Å². The maximum atomic E-state index is 12.4. The van der Waals surface area contributed by atoms with Crippen LogP contribution in [0, 0.1) is 10.1 Å². The molecule has 4 nitrogen and oxygen atoms in total. The number of carbonyl (C=O) groups is 1. The average molecular weight is 433 g/mol. The van der Waals surface area contributed by atoms with E-state index >= 15 is 0 Å². The lowest BCUT2D eigenvalue weighted by Crippen LogP contribution is -2.40. The Bertz CT molecular complexity index is 823. The highest BCUT2D eigenvalue weighted by Gasteiger charge is 2.47. The van der Waals surface area contributed by atoms with E-state index in [1.165, 1.54) is 12.1 Å². The summed E-state index contributed by atoms with van der Waals surface area (Å²) in [5.74, 6) is -1.39. The summed E-state index contributed by atoms with van der Waals surface area (Å²) < 4.78 is 0. The van der Waals surface area contributed by atoms with Crippen LogP contribution in [0.5, 0.6) is 0 Å². The van der Waals surface area contributed by atoms with Crippen LogP contribution in [0.15, 0.2) is 36.4 Å². The number of carbonyl (C=O) groups excluding carboxylic acids is 1. The zero-order valence-corrected chi connectivity index (χ0v) is 16.3. The molecule has 26 heavy (non-hydrogen) atoms. The largest absolute Gasteiger partial charge is 0.300 e. The van der Waals surface area contributed by atoms with Crippen LogP contribution < -0.4 is 0 Å². The van der Waals surface area contributed by atoms with Crippen LogP contribution in [0.4, 0.5) is 0 Å². The van der Waals surface area contributed by atoms with E-state index in [1.54, 1.807) is 24.3 Å². The van der Waals surface area contributed by atoms with Gasteiger partial charge < -0.3 is 0 Å². The first-order valence-corrected chi connectivity index (χ1v) is 9.34. The van der Waals surface area contributed by atoms with Crippen LogP contribution in [0.25, 0.3) is 0 Å². The molecule has 2 aromatic rings. The first kappa shape index (κ1) is 19.4. The molecule has 8 heteroatoms. The van der Waals surface area contributed by atoms with Crippen molar-refractivity contribution in [3.8, 4) is 0 Å². The van der Waals surface area contributed by atoms with E-state index in [4.69, 9.17) is 46.4 Å². The maximum absolute atomic E-state index is 12.4. The van der Waals surface area contributed by atoms with Gasteiger partial charge >= 0.3 is 0 Å². The second kappa shape index (κ2) is 7.73. The summed E-state index contributed by atoms with van der Waals surface area (Å²) in [5, 5.41) is 13.4. The van der Waals surface area contributed by atoms with Gasteiger partial charge in [-0.15, -0.1) is 0 Å². The van der Waals surface area contributed by atoms with Crippen molar-refractivity contribution in [1.29, 1.82) is 0 Å². The predicted molar refractivity (Wildman–Crippen MR) is 103 cm³/mol.